The van der Waals surface area contributed by atoms with E-state index in [2.05, 4.69) is 13.8 Å². The summed E-state index contributed by atoms with van der Waals surface area (Å²) in [7, 11) is 2.85. The van der Waals surface area contributed by atoms with E-state index in [0.717, 1.165) is 25.2 Å². The summed E-state index contributed by atoms with van der Waals surface area (Å²) in [6.07, 6.45) is 19.0. The van der Waals surface area contributed by atoms with Crippen molar-refractivity contribution < 1.29 is 28.9 Å². The van der Waals surface area contributed by atoms with E-state index >= 15 is 0 Å². The zero-order valence-corrected chi connectivity index (χ0v) is 22.3. The predicted octanol–water partition coefficient (Wildman–Crippen LogP) is 7.61. The molecule has 0 spiro atoms. The van der Waals surface area contributed by atoms with Gasteiger partial charge in [-0.2, -0.15) is 0 Å². The number of phenolic OH excluding ortho intramolecular Hbond substituents is 1. The van der Waals surface area contributed by atoms with Crippen LogP contribution in [-0.4, -0.2) is 31.3 Å². The van der Waals surface area contributed by atoms with Crippen molar-refractivity contribution in [1.29, 1.82) is 0 Å². The number of ether oxygens (including phenoxy) is 3. The number of unbranched alkanes of at least 4 members (excludes halogenated alkanes) is 11. The highest BCUT2D eigenvalue weighted by Crippen LogP contribution is 2.37. The monoisotopic (exact) mass is 490 g/mol. The van der Waals surface area contributed by atoms with Gasteiger partial charge in [-0.15, -0.1) is 0 Å². The Morgan fingerprint density at radius 1 is 0.800 bits per heavy atom. The topological polar surface area (TPSA) is 82.1 Å². The molecule has 0 amide bonds. The lowest BCUT2D eigenvalue weighted by molar-refractivity contribution is -0.156. The second-order valence-electron chi connectivity index (χ2n) is 9.58. The minimum Gasteiger partial charge on any atom is -0.502 e. The summed E-state index contributed by atoms with van der Waals surface area (Å²) in [5.41, 5.74) is 0.572. The van der Waals surface area contributed by atoms with Crippen LogP contribution < -0.4 is 9.47 Å². The van der Waals surface area contributed by atoms with Gasteiger partial charge in [0, 0.05) is 12.5 Å². The summed E-state index contributed by atoms with van der Waals surface area (Å²) in [6.45, 7) is 4.59. The van der Waals surface area contributed by atoms with Gasteiger partial charge in [0.25, 0.3) is 0 Å². The van der Waals surface area contributed by atoms with Crippen LogP contribution in [0.2, 0.25) is 0 Å². The third-order valence-corrected chi connectivity index (χ3v) is 6.04. The maximum absolute atomic E-state index is 11.9. The molecule has 1 aromatic carbocycles. The standard InChI is InChI=1S/C29H46O6/c1-23(2)17-15-13-11-9-7-5-6-8-10-12-14-16-18-27(30)35-28(31)20-19-24-21-25(33-3)29(32)26(22-24)34-4/h19-23,32H,5-18H2,1-4H3/b20-19+. The molecule has 0 aliphatic carbocycles. The first-order valence-electron chi connectivity index (χ1n) is 13.2. The van der Waals surface area contributed by atoms with Crippen molar-refractivity contribution in [2.75, 3.05) is 14.2 Å². The summed E-state index contributed by atoms with van der Waals surface area (Å²) >= 11 is 0. The Balaban J connectivity index is 2.08. The van der Waals surface area contributed by atoms with Crippen LogP contribution in [0.1, 0.15) is 109 Å². The van der Waals surface area contributed by atoms with Gasteiger partial charge in [0.15, 0.2) is 11.5 Å². The molecule has 1 N–H and O–H groups in total. The zero-order valence-electron chi connectivity index (χ0n) is 22.3. The van der Waals surface area contributed by atoms with Gasteiger partial charge in [0.05, 0.1) is 14.2 Å². The number of hydrogen-bond acceptors (Lipinski definition) is 6. The maximum Gasteiger partial charge on any atom is 0.338 e. The van der Waals surface area contributed by atoms with Gasteiger partial charge < -0.3 is 19.3 Å². The van der Waals surface area contributed by atoms with Crippen molar-refractivity contribution in [3.05, 3.63) is 23.8 Å². The Kier molecular flexibility index (Phi) is 16.4. The molecule has 0 saturated carbocycles. The van der Waals surface area contributed by atoms with Gasteiger partial charge in [-0.05, 0) is 36.1 Å². The average Bonchev–Trinajstić information content (AvgIpc) is 2.83. The van der Waals surface area contributed by atoms with Crippen LogP contribution in [-0.2, 0) is 14.3 Å². The average molecular weight is 491 g/mol. The summed E-state index contributed by atoms with van der Waals surface area (Å²) in [6, 6.07) is 3.11. The van der Waals surface area contributed by atoms with Crippen LogP contribution >= 0.6 is 0 Å². The first-order chi connectivity index (χ1) is 16.9. The van der Waals surface area contributed by atoms with Crippen LogP contribution in [0, 0.1) is 5.92 Å². The first-order valence-corrected chi connectivity index (χ1v) is 13.2. The van der Waals surface area contributed by atoms with Crippen LogP contribution in [0.4, 0.5) is 0 Å². The molecule has 198 valence electrons. The second kappa shape index (κ2) is 18.8. The molecule has 0 fully saturated rings. The van der Waals surface area contributed by atoms with Gasteiger partial charge in [-0.1, -0.05) is 90.9 Å². The fraction of sp³-hybridized carbons (Fsp3) is 0.655. The van der Waals surface area contributed by atoms with Crippen molar-refractivity contribution in [1.82, 2.24) is 0 Å². The quantitative estimate of drug-likeness (QED) is 0.0930. The van der Waals surface area contributed by atoms with Gasteiger partial charge in [0.2, 0.25) is 5.75 Å². The van der Waals surface area contributed by atoms with E-state index in [1.54, 1.807) is 12.1 Å². The molecule has 0 aliphatic rings. The molecular weight excluding hydrogens is 444 g/mol. The lowest BCUT2D eigenvalue weighted by atomic mass is 10.0. The molecule has 6 heteroatoms. The fourth-order valence-corrected chi connectivity index (χ4v) is 3.96. The minimum absolute atomic E-state index is 0.118. The van der Waals surface area contributed by atoms with E-state index in [1.807, 2.05) is 0 Å². The molecule has 35 heavy (non-hydrogen) atoms. The summed E-state index contributed by atoms with van der Waals surface area (Å²) in [5, 5.41) is 9.93. The van der Waals surface area contributed by atoms with Crippen LogP contribution in [0.25, 0.3) is 6.08 Å². The van der Waals surface area contributed by atoms with E-state index < -0.39 is 11.9 Å². The summed E-state index contributed by atoms with van der Waals surface area (Å²) in [4.78, 5) is 23.8. The molecule has 0 atom stereocenters. The number of methoxy groups -OCH3 is 2. The fourth-order valence-electron chi connectivity index (χ4n) is 3.96. The highest BCUT2D eigenvalue weighted by molar-refractivity contribution is 5.94. The smallest absolute Gasteiger partial charge is 0.338 e. The normalized spacial score (nSPS) is 11.2. The van der Waals surface area contributed by atoms with Crippen LogP contribution in [0.3, 0.4) is 0 Å². The molecule has 0 radical (unpaired) electrons. The molecule has 0 aromatic heterocycles. The molecule has 0 aliphatic heterocycles. The third-order valence-electron chi connectivity index (χ3n) is 6.04. The molecule has 0 unspecified atom stereocenters. The first kappa shape index (κ1) is 30.5. The number of carbonyl (C=O) groups is 2. The number of hydrogen-bond donors (Lipinski definition) is 1. The number of rotatable bonds is 19. The van der Waals surface area contributed by atoms with Crippen molar-refractivity contribution in [3.8, 4) is 17.2 Å². The Morgan fingerprint density at radius 3 is 1.71 bits per heavy atom. The minimum atomic E-state index is -0.721. The Labute approximate surface area is 212 Å². The Hall–Kier alpha value is -2.50. The summed E-state index contributed by atoms with van der Waals surface area (Å²) < 4.78 is 15.0. The number of esters is 2. The molecule has 1 aromatic rings. The third kappa shape index (κ3) is 14.5. The molecule has 6 nitrogen and oxygen atoms in total. The highest BCUT2D eigenvalue weighted by Gasteiger charge is 2.11. The van der Waals surface area contributed by atoms with Gasteiger partial charge in [0.1, 0.15) is 0 Å². The molecular formula is C29H46O6. The zero-order chi connectivity index (χ0) is 25.9. The number of aromatic hydroxyl groups is 1. The Bertz CT molecular complexity index is 743. The van der Waals surface area contributed by atoms with Gasteiger partial charge in [-0.25, -0.2) is 4.79 Å². The molecule has 1 rings (SSSR count). The van der Waals surface area contributed by atoms with Crippen LogP contribution in [0.5, 0.6) is 17.2 Å². The number of carbonyl (C=O) groups excluding carboxylic acids is 2. The summed E-state index contributed by atoms with van der Waals surface area (Å²) in [5.74, 6) is -0.0664. The van der Waals surface area contributed by atoms with Crippen molar-refractivity contribution in [2.24, 2.45) is 5.92 Å². The van der Waals surface area contributed by atoms with E-state index in [4.69, 9.17) is 14.2 Å². The number of benzene rings is 1. The lowest BCUT2D eigenvalue weighted by Crippen LogP contribution is -2.09. The SMILES string of the molecule is COc1cc(/C=C/C(=O)OC(=O)CCCCCCCCCCCCCCC(C)C)cc(OC)c1O. The maximum atomic E-state index is 11.9. The van der Waals surface area contributed by atoms with Gasteiger partial charge >= 0.3 is 11.9 Å². The molecule has 0 bridgehead atoms. The van der Waals surface area contributed by atoms with Gasteiger partial charge in [-0.3, -0.25) is 4.79 Å². The predicted molar refractivity (Wildman–Crippen MR) is 141 cm³/mol. The number of phenols is 1. The van der Waals surface area contributed by atoms with E-state index in [-0.39, 0.29) is 23.7 Å². The molecule has 0 saturated heterocycles. The van der Waals surface area contributed by atoms with E-state index in [1.165, 1.54) is 90.6 Å². The highest BCUT2D eigenvalue weighted by atomic mass is 16.6. The lowest BCUT2D eigenvalue weighted by Gasteiger charge is -2.09. The Morgan fingerprint density at radius 2 is 1.26 bits per heavy atom. The van der Waals surface area contributed by atoms with E-state index in [0.29, 0.717) is 5.56 Å². The van der Waals surface area contributed by atoms with Crippen LogP contribution in [0.15, 0.2) is 18.2 Å². The largest absolute Gasteiger partial charge is 0.502 e. The van der Waals surface area contributed by atoms with E-state index in [9.17, 15) is 14.7 Å². The molecule has 0 heterocycles. The van der Waals surface area contributed by atoms with Crippen molar-refractivity contribution >= 4 is 18.0 Å². The second-order valence-corrected chi connectivity index (χ2v) is 9.58. The van der Waals surface area contributed by atoms with Crippen molar-refractivity contribution in [2.45, 2.75) is 104 Å². The van der Waals surface area contributed by atoms with Crippen molar-refractivity contribution in [3.63, 3.8) is 0 Å².